The van der Waals surface area contributed by atoms with Crippen LogP contribution in [0.4, 0.5) is 13.2 Å². The van der Waals surface area contributed by atoms with E-state index in [0.717, 1.165) is 12.2 Å². The Morgan fingerprint density at radius 2 is 2.17 bits per heavy atom. The number of methoxy groups -OCH3 is 1. The van der Waals surface area contributed by atoms with Crippen LogP contribution >= 0.6 is 0 Å². The van der Waals surface area contributed by atoms with Crippen LogP contribution in [0, 0.1) is 0 Å². The second-order valence-electron chi connectivity index (χ2n) is 5.11. The van der Waals surface area contributed by atoms with Crippen LogP contribution < -0.4 is 10.1 Å². The van der Waals surface area contributed by atoms with Crippen molar-refractivity contribution < 1.29 is 17.9 Å². The van der Waals surface area contributed by atoms with Gasteiger partial charge in [-0.15, -0.1) is 0 Å². The summed E-state index contributed by atoms with van der Waals surface area (Å²) >= 11 is 0. The molecule has 0 amide bonds. The van der Waals surface area contributed by atoms with E-state index in [0.29, 0.717) is 35.2 Å². The first-order valence-corrected chi connectivity index (χ1v) is 7.15. The van der Waals surface area contributed by atoms with E-state index >= 15 is 0 Å². The predicted octanol–water partition coefficient (Wildman–Crippen LogP) is 2.71. The van der Waals surface area contributed by atoms with Gasteiger partial charge in [0.05, 0.1) is 18.4 Å². The average Bonchev–Trinajstić information content (AvgIpc) is 2.59. The van der Waals surface area contributed by atoms with Gasteiger partial charge in [0, 0.05) is 37.1 Å². The number of halogens is 3. The summed E-state index contributed by atoms with van der Waals surface area (Å²) in [5, 5.41) is 3.09. The SMILES string of the molecule is CN=C1NCC(c2cccnc2OC)=C2C=C(C(F)(F)F)C=CN12. The van der Waals surface area contributed by atoms with Crippen molar-refractivity contribution in [1.29, 1.82) is 0 Å². The van der Waals surface area contributed by atoms with Crippen molar-refractivity contribution in [2.45, 2.75) is 6.18 Å². The Morgan fingerprint density at radius 1 is 1.38 bits per heavy atom. The maximum Gasteiger partial charge on any atom is 0.416 e. The number of nitrogens with zero attached hydrogens (tertiary/aromatic N) is 3. The van der Waals surface area contributed by atoms with Crippen LogP contribution in [-0.4, -0.2) is 42.7 Å². The van der Waals surface area contributed by atoms with Gasteiger partial charge in [-0.1, -0.05) is 0 Å². The lowest BCUT2D eigenvalue weighted by Crippen LogP contribution is -2.44. The molecule has 0 fully saturated rings. The van der Waals surface area contributed by atoms with E-state index in [2.05, 4.69) is 15.3 Å². The Balaban J connectivity index is 2.20. The first kappa shape index (κ1) is 16.1. The number of ether oxygens (including phenoxy) is 1. The lowest BCUT2D eigenvalue weighted by atomic mass is 9.99. The number of hydrogen-bond acceptors (Lipinski definition) is 3. The molecule has 0 aliphatic carbocycles. The summed E-state index contributed by atoms with van der Waals surface area (Å²) in [6.45, 7) is 0.316. The molecule has 0 bridgehead atoms. The molecule has 0 unspecified atom stereocenters. The van der Waals surface area contributed by atoms with E-state index < -0.39 is 11.7 Å². The molecule has 0 saturated heterocycles. The van der Waals surface area contributed by atoms with Crippen LogP contribution in [0.15, 0.2) is 52.9 Å². The minimum Gasteiger partial charge on any atom is -0.481 e. The first-order chi connectivity index (χ1) is 11.5. The third-order valence-corrected chi connectivity index (χ3v) is 3.74. The molecule has 0 atom stereocenters. The molecule has 5 nitrogen and oxygen atoms in total. The van der Waals surface area contributed by atoms with Gasteiger partial charge < -0.3 is 10.1 Å². The zero-order chi connectivity index (χ0) is 17.3. The molecule has 24 heavy (non-hydrogen) atoms. The molecule has 8 heteroatoms. The fourth-order valence-corrected chi connectivity index (χ4v) is 2.64. The molecule has 2 aliphatic heterocycles. The van der Waals surface area contributed by atoms with E-state index in [4.69, 9.17) is 4.74 Å². The third kappa shape index (κ3) is 2.75. The average molecular weight is 336 g/mol. The fourth-order valence-electron chi connectivity index (χ4n) is 2.64. The molecule has 3 heterocycles. The quantitative estimate of drug-likeness (QED) is 0.902. The van der Waals surface area contributed by atoms with Gasteiger partial charge in [0.2, 0.25) is 11.8 Å². The van der Waals surface area contributed by atoms with Crippen molar-refractivity contribution in [3.8, 4) is 5.88 Å². The van der Waals surface area contributed by atoms with Crippen molar-refractivity contribution in [1.82, 2.24) is 15.2 Å². The molecule has 0 spiro atoms. The maximum atomic E-state index is 13.1. The number of nitrogens with one attached hydrogen (secondary N) is 1. The van der Waals surface area contributed by atoms with Crippen molar-refractivity contribution in [3.63, 3.8) is 0 Å². The molecule has 0 radical (unpaired) electrons. The number of rotatable bonds is 2. The number of fused-ring (bicyclic) bond motifs is 1. The van der Waals surface area contributed by atoms with Gasteiger partial charge in [-0.25, -0.2) is 4.98 Å². The number of aliphatic imine (C=N–C) groups is 1. The summed E-state index contributed by atoms with van der Waals surface area (Å²) in [5.41, 5.74) is 0.969. The molecular weight excluding hydrogens is 321 g/mol. The third-order valence-electron chi connectivity index (χ3n) is 3.74. The molecule has 1 N–H and O–H groups in total. The van der Waals surface area contributed by atoms with E-state index in [9.17, 15) is 13.2 Å². The monoisotopic (exact) mass is 336 g/mol. The summed E-state index contributed by atoms with van der Waals surface area (Å²) in [7, 11) is 3.05. The van der Waals surface area contributed by atoms with Crippen LogP contribution in [0.2, 0.25) is 0 Å². The highest BCUT2D eigenvalue weighted by molar-refractivity contribution is 5.92. The second-order valence-corrected chi connectivity index (χ2v) is 5.11. The van der Waals surface area contributed by atoms with Gasteiger partial charge in [-0.3, -0.25) is 9.89 Å². The van der Waals surface area contributed by atoms with Crippen LogP contribution in [0.25, 0.3) is 5.57 Å². The van der Waals surface area contributed by atoms with Crippen LogP contribution in [0.5, 0.6) is 5.88 Å². The summed E-state index contributed by atoms with van der Waals surface area (Å²) < 4.78 is 44.6. The first-order valence-electron chi connectivity index (χ1n) is 7.15. The highest BCUT2D eigenvalue weighted by atomic mass is 19.4. The summed E-state index contributed by atoms with van der Waals surface area (Å²) in [4.78, 5) is 9.79. The minimum atomic E-state index is -4.42. The highest BCUT2D eigenvalue weighted by Gasteiger charge is 2.36. The van der Waals surface area contributed by atoms with Crippen molar-refractivity contribution >= 4 is 11.5 Å². The Morgan fingerprint density at radius 3 is 2.83 bits per heavy atom. The molecule has 2 aliphatic rings. The van der Waals surface area contributed by atoms with Gasteiger partial charge in [-0.2, -0.15) is 13.2 Å². The Hall–Kier alpha value is -2.77. The standard InChI is InChI=1S/C16H15F3N4O/c1-20-15-22-9-12(11-4-3-6-21-14(11)24-2)13-8-10(16(17,18)19)5-7-23(13)15/h3-8H,9H2,1-2H3,(H,20,22). The molecule has 3 rings (SSSR count). The Kier molecular flexibility index (Phi) is 4.04. The molecule has 0 aromatic carbocycles. The second kappa shape index (κ2) is 6.03. The van der Waals surface area contributed by atoms with Crippen LogP contribution in [-0.2, 0) is 0 Å². The van der Waals surface area contributed by atoms with Gasteiger partial charge in [-0.05, 0) is 24.3 Å². The van der Waals surface area contributed by atoms with Crippen LogP contribution in [0.3, 0.4) is 0 Å². The molecule has 1 aromatic rings. The molecule has 1 aromatic heterocycles. The lowest BCUT2D eigenvalue weighted by Gasteiger charge is -2.34. The van der Waals surface area contributed by atoms with Gasteiger partial charge in [0.1, 0.15) is 0 Å². The Bertz CT molecular complexity index is 778. The number of allylic oxidation sites excluding steroid dienone is 3. The molecule has 126 valence electrons. The Labute approximate surface area is 136 Å². The lowest BCUT2D eigenvalue weighted by molar-refractivity contribution is -0.0885. The number of hydrogen-bond donors (Lipinski definition) is 1. The summed E-state index contributed by atoms with van der Waals surface area (Å²) in [6.07, 6.45) is 0.648. The van der Waals surface area contributed by atoms with Crippen molar-refractivity contribution in [2.24, 2.45) is 4.99 Å². The largest absolute Gasteiger partial charge is 0.481 e. The number of guanidine groups is 1. The van der Waals surface area contributed by atoms with E-state index in [1.54, 1.807) is 30.3 Å². The van der Waals surface area contributed by atoms with Crippen LogP contribution in [0.1, 0.15) is 5.56 Å². The minimum absolute atomic E-state index is 0.316. The number of aromatic nitrogens is 1. The van der Waals surface area contributed by atoms with Crippen molar-refractivity contribution in [3.05, 3.63) is 53.5 Å². The topological polar surface area (TPSA) is 49.8 Å². The normalized spacial score (nSPS) is 19.1. The fraction of sp³-hybridized carbons (Fsp3) is 0.250. The predicted molar refractivity (Wildman–Crippen MR) is 84.2 cm³/mol. The maximum absolute atomic E-state index is 13.1. The van der Waals surface area contributed by atoms with E-state index in [1.165, 1.54) is 13.3 Å². The summed E-state index contributed by atoms with van der Waals surface area (Å²) in [5.74, 6) is 0.834. The van der Waals surface area contributed by atoms with Gasteiger partial charge in [0.15, 0.2) is 0 Å². The number of pyridine rings is 1. The zero-order valence-corrected chi connectivity index (χ0v) is 13.1. The van der Waals surface area contributed by atoms with E-state index in [1.807, 2.05) is 0 Å². The van der Waals surface area contributed by atoms with E-state index in [-0.39, 0.29) is 0 Å². The number of alkyl halides is 3. The smallest absolute Gasteiger partial charge is 0.416 e. The molecular formula is C16H15F3N4O. The van der Waals surface area contributed by atoms with Gasteiger partial charge in [0.25, 0.3) is 0 Å². The highest BCUT2D eigenvalue weighted by Crippen LogP contribution is 2.36. The zero-order valence-electron chi connectivity index (χ0n) is 13.1. The molecule has 0 saturated carbocycles. The summed E-state index contributed by atoms with van der Waals surface area (Å²) in [6, 6.07) is 3.48. The van der Waals surface area contributed by atoms with Gasteiger partial charge >= 0.3 is 6.18 Å². The van der Waals surface area contributed by atoms with Crippen molar-refractivity contribution in [2.75, 3.05) is 20.7 Å².